The van der Waals surface area contributed by atoms with Gasteiger partial charge in [0.1, 0.15) is 0 Å². The lowest BCUT2D eigenvalue weighted by molar-refractivity contribution is -0.122. The van der Waals surface area contributed by atoms with Gasteiger partial charge in [-0.25, -0.2) is 0 Å². The van der Waals surface area contributed by atoms with Gasteiger partial charge in [0.05, 0.1) is 10.2 Å². The SMILES string of the molecule is CC(NCCC(=O)NC(C)(C)C)c1cnc2ccsc2c1. The quantitative estimate of drug-likeness (QED) is 0.891. The lowest BCUT2D eigenvalue weighted by Crippen LogP contribution is -2.41. The predicted molar refractivity (Wildman–Crippen MR) is 88.6 cm³/mol. The molecule has 21 heavy (non-hydrogen) atoms. The Morgan fingerprint density at radius 3 is 2.90 bits per heavy atom. The van der Waals surface area contributed by atoms with Gasteiger partial charge in [0, 0.05) is 30.7 Å². The summed E-state index contributed by atoms with van der Waals surface area (Å²) in [5, 5.41) is 8.39. The van der Waals surface area contributed by atoms with Gasteiger partial charge >= 0.3 is 0 Å². The molecule has 0 fully saturated rings. The topological polar surface area (TPSA) is 54.0 Å². The van der Waals surface area contributed by atoms with Crippen LogP contribution in [0.5, 0.6) is 0 Å². The van der Waals surface area contributed by atoms with E-state index in [1.165, 1.54) is 4.70 Å². The van der Waals surface area contributed by atoms with Crippen molar-refractivity contribution >= 4 is 27.5 Å². The Morgan fingerprint density at radius 1 is 1.43 bits per heavy atom. The van der Waals surface area contributed by atoms with E-state index in [1.807, 2.05) is 33.0 Å². The summed E-state index contributed by atoms with van der Waals surface area (Å²) in [4.78, 5) is 16.2. The summed E-state index contributed by atoms with van der Waals surface area (Å²) in [5.41, 5.74) is 2.03. The predicted octanol–water partition coefficient (Wildman–Crippen LogP) is 3.25. The van der Waals surface area contributed by atoms with E-state index in [-0.39, 0.29) is 17.5 Å². The Hall–Kier alpha value is -1.46. The maximum Gasteiger partial charge on any atom is 0.221 e. The van der Waals surface area contributed by atoms with E-state index in [0.717, 1.165) is 11.1 Å². The Kier molecular flexibility index (Phi) is 4.96. The molecule has 1 amide bonds. The fraction of sp³-hybridized carbons (Fsp3) is 0.500. The lowest BCUT2D eigenvalue weighted by atomic mass is 10.1. The van der Waals surface area contributed by atoms with Crippen LogP contribution in [0.3, 0.4) is 0 Å². The van der Waals surface area contributed by atoms with Crippen molar-refractivity contribution in [1.82, 2.24) is 15.6 Å². The number of pyridine rings is 1. The number of thiophene rings is 1. The molecule has 0 aromatic carbocycles. The first-order valence-corrected chi connectivity index (χ1v) is 8.11. The van der Waals surface area contributed by atoms with Crippen molar-refractivity contribution in [1.29, 1.82) is 0 Å². The molecule has 0 saturated heterocycles. The zero-order chi connectivity index (χ0) is 15.5. The number of rotatable bonds is 5. The number of hydrogen-bond acceptors (Lipinski definition) is 4. The van der Waals surface area contributed by atoms with Crippen molar-refractivity contribution in [3.05, 3.63) is 29.3 Å². The molecule has 2 rings (SSSR count). The average molecular weight is 305 g/mol. The zero-order valence-electron chi connectivity index (χ0n) is 13.1. The van der Waals surface area contributed by atoms with Crippen molar-refractivity contribution in [3.63, 3.8) is 0 Å². The Labute approximate surface area is 130 Å². The minimum absolute atomic E-state index is 0.0778. The minimum Gasteiger partial charge on any atom is -0.351 e. The first kappa shape index (κ1) is 15.9. The fourth-order valence-corrected chi connectivity index (χ4v) is 2.89. The fourth-order valence-electron chi connectivity index (χ4n) is 2.10. The Bertz CT molecular complexity index is 615. The number of carbonyl (C=O) groups is 1. The zero-order valence-corrected chi connectivity index (χ0v) is 13.9. The van der Waals surface area contributed by atoms with Crippen LogP contribution < -0.4 is 10.6 Å². The molecule has 0 aliphatic heterocycles. The van der Waals surface area contributed by atoms with Gasteiger partial charge < -0.3 is 10.6 Å². The Balaban J connectivity index is 1.84. The highest BCUT2D eigenvalue weighted by molar-refractivity contribution is 7.17. The second-order valence-corrected chi connectivity index (χ2v) is 7.24. The van der Waals surface area contributed by atoms with Crippen LogP contribution in [0.15, 0.2) is 23.7 Å². The highest BCUT2D eigenvalue weighted by atomic mass is 32.1. The van der Waals surface area contributed by atoms with Crippen molar-refractivity contribution in [2.45, 2.75) is 45.7 Å². The number of fused-ring (bicyclic) bond motifs is 1. The van der Waals surface area contributed by atoms with E-state index in [2.05, 4.69) is 34.0 Å². The van der Waals surface area contributed by atoms with Crippen molar-refractivity contribution in [3.8, 4) is 0 Å². The summed E-state index contributed by atoms with van der Waals surface area (Å²) in [5.74, 6) is 0.0778. The monoisotopic (exact) mass is 305 g/mol. The van der Waals surface area contributed by atoms with E-state index in [0.29, 0.717) is 13.0 Å². The van der Waals surface area contributed by atoms with Gasteiger partial charge in [0.25, 0.3) is 0 Å². The average Bonchev–Trinajstić information content (AvgIpc) is 2.83. The van der Waals surface area contributed by atoms with Crippen LogP contribution >= 0.6 is 11.3 Å². The van der Waals surface area contributed by atoms with Crippen LogP contribution in [0.4, 0.5) is 0 Å². The normalized spacial score (nSPS) is 13.3. The molecule has 114 valence electrons. The summed E-state index contributed by atoms with van der Waals surface area (Å²) in [6, 6.07) is 4.38. The number of nitrogens with one attached hydrogen (secondary N) is 2. The molecule has 1 atom stereocenters. The van der Waals surface area contributed by atoms with Gasteiger partial charge in [0.15, 0.2) is 0 Å². The second-order valence-electron chi connectivity index (χ2n) is 6.30. The standard InChI is InChI=1S/C16H23N3OS/c1-11(17-7-5-15(20)19-16(2,3)4)12-9-14-13(18-10-12)6-8-21-14/h6,8-11,17H,5,7H2,1-4H3,(H,19,20). The number of carbonyl (C=O) groups excluding carboxylic acids is 1. The number of amides is 1. The third kappa shape index (κ3) is 4.79. The largest absolute Gasteiger partial charge is 0.351 e. The van der Waals surface area contributed by atoms with Crippen LogP contribution in [-0.2, 0) is 4.79 Å². The third-order valence-corrected chi connectivity index (χ3v) is 3.99. The second kappa shape index (κ2) is 6.54. The van der Waals surface area contributed by atoms with Crippen molar-refractivity contribution < 1.29 is 4.79 Å². The molecule has 0 saturated carbocycles. The molecule has 0 bridgehead atoms. The summed E-state index contributed by atoms with van der Waals surface area (Å²) in [7, 11) is 0. The smallest absolute Gasteiger partial charge is 0.221 e. The van der Waals surface area contributed by atoms with Crippen LogP contribution in [0, 0.1) is 0 Å². The molecular weight excluding hydrogens is 282 g/mol. The van der Waals surface area contributed by atoms with E-state index in [9.17, 15) is 4.79 Å². The molecule has 2 heterocycles. The summed E-state index contributed by atoms with van der Waals surface area (Å²) < 4.78 is 1.20. The molecule has 2 aromatic heterocycles. The summed E-state index contributed by atoms with van der Waals surface area (Å²) in [6.07, 6.45) is 2.39. The summed E-state index contributed by atoms with van der Waals surface area (Å²) in [6.45, 7) is 8.72. The van der Waals surface area contributed by atoms with Gasteiger partial charge in [-0.15, -0.1) is 11.3 Å². The highest BCUT2D eigenvalue weighted by Crippen LogP contribution is 2.22. The molecule has 0 aliphatic carbocycles. The van der Waals surface area contributed by atoms with Gasteiger partial charge in [-0.05, 0) is 50.8 Å². The van der Waals surface area contributed by atoms with Gasteiger partial charge in [-0.3, -0.25) is 9.78 Å². The number of aromatic nitrogens is 1. The van der Waals surface area contributed by atoms with E-state index in [1.54, 1.807) is 11.3 Å². The molecular formula is C16H23N3OS. The number of hydrogen-bond donors (Lipinski definition) is 2. The van der Waals surface area contributed by atoms with Crippen LogP contribution in [0.1, 0.15) is 45.7 Å². The van der Waals surface area contributed by atoms with Gasteiger partial charge in [-0.1, -0.05) is 0 Å². The number of nitrogens with zero attached hydrogens (tertiary/aromatic N) is 1. The van der Waals surface area contributed by atoms with Gasteiger partial charge in [0.2, 0.25) is 5.91 Å². The molecule has 4 nitrogen and oxygen atoms in total. The highest BCUT2D eigenvalue weighted by Gasteiger charge is 2.14. The minimum atomic E-state index is -0.170. The van der Waals surface area contributed by atoms with Crippen LogP contribution in [0.2, 0.25) is 0 Å². The molecule has 0 radical (unpaired) electrons. The molecule has 2 aromatic rings. The lowest BCUT2D eigenvalue weighted by Gasteiger charge is -2.21. The molecule has 0 aliphatic rings. The van der Waals surface area contributed by atoms with Crippen LogP contribution in [0.25, 0.3) is 10.2 Å². The maximum absolute atomic E-state index is 11.8. The molecule has 0 spiro atoms. The maximum atomic E-state index is 11.8. The van der Waals surface area contributed by atoms with E-state index >= 15 is 0 Å². The molecule has 2 N–H and O–H groups in total. The first-order chi connectivity index (χ1) is 9.85. The molecule has 1 unspecified atom stereocenters. The van der Waals surface area contributed by atoms with Gasteiger partial charge in [-0.2, -0.15) is 0 Å². The third-order valence-electron chi connectivity index (χ3n) is 3.14. The van der Waals surface area contributed by atoms with E-state index < -0.39 is 0 Å². The summed E-state index contributed by atoms with van der Waals surface area (Å²) >= 11 is 1.70. The molecule has 5 heteroatoms. The first-order valence-electron chi connectivity index (χ1n) is 7.23. The van der Waals surface area contributed by atoms with Crippen molar-refractivity contribution in [2.75, 3.05) is 6.54 Å². The van der Waals surface area contributed by atoms with Crippen LogP contribution in [-0.4, -0.2) is 23.0 Å². The van der Waals surface area contributed by atoms with E-state index in [4.69, 9.17) is 0 Å². The Morgan fingerprint density at radius 2 is 2.19 bits per heavy atom. The van der Waals surface area contributed by atoms with Crippen molar-refractivity contribution in [2.24, 2.45) is 0 Å².